The number of carbonyl (C=O) groups is 4. The molecule has 4 amide bonds. The molecule has 0 radical (unpaired) electrons. The molecule has 39 heavy (non-hydrogen) atoms. The van der Waals surface area contributed by atoms with E-state index in [1.54, 1.807) is 5.38 Å². The van der Waals surface area contributed by atoms with E-state index in [-0.39, 0.29) is 48.7 Å². The number of benzene rings is 1. The Kier molecular flexibility index (Phi) is 9.07. The molecule has 0 unspecified atom stereocenters. The van der Waals surface area contributed by atoms with Crippen molar-refractivity contribution in [3.05, 3.63) is 69.8 Å². The number of hydrogen-bond acceptors (Lipinski definition) is 8. The lowest BCUT2D eigenvalue weighted by Gasteiger charge is -2.23. The standard InChI is InChI=1S/C27H32N6O5S/c1-16(2)11-20-27-32-22(15-39-27)24(36)28-9-10-33(17(3)34)13-23(35)29-19(12-18-7-5-4-6-8-18)26-31-21(14-38-26)25(37)30-20/h4-8,14-16,19-20H,9-13H2,1-3H3,(H,28,36)(H,29,35)(H,30,37)/t19-,20-/m0/s1. The second kappa shape index (κ2) is 12.7. The molecule has 3 aromatic rings. The molecule has 1 aromatic carbocycles. The maximum absolute atomic E-state index is 13.2. The smallest absolute Gasteiger partial charge is 0.273 e. The summed E-state index contributed by atoms with van der Waals surface area (Å²) in [6, 6.07) is 8.38. The summed E-state index contributed by atoms with van der Waals surface area (Å²) in [4.78, 5) is 61.4. The minimum atomic E-state index is -0.679. The van der Waals surface area contributed by atoms with Crippen LogP contribution in [0.2, 0.25) is 0 Å². The van der Waals surface area contributed by atoms with E-state index >= 15 is 0 Å². The lowest BCUT2D eigenvalue weighted by atomic mass is 10.0. The average Bonchev–Trinajstić information content (AvgIpc) is 3.58. The number of amides is 4. The van der Waals surface area contributed by atoms with Gasteiger partial charge in [-0.15, -0.1) is 11.3 Å². The Labute approximate surface area is 230 Å². The van der Waals surface area contributed by atoms with Crippen LogP contribution < -0.4 is 16.0 Å². The summed E-state index contributed by atoms with van der Waals surface area (Å²) < 4.78 is 5.68. The quantitative estimate of drug-likeness (QED) is 0.451. The molecule has 12 heteroatoms. The minimum absolute atomic E-state index is 0.0621. The monoisotopic (exact) mass is 552 g/mol. The third kappa shape index (κ3) is 7.50. The van der Waals surface area contributed by atoms with E-state index in [0.29, 0.717) is 17.8 Å². The van der Waals surface area contributed by atoms with Crippen LogP contribution in [-0.2, 0) is 16.0 Å². The zero-order chi connectivity index (χ0) is 27.9. The van der Waals surface area contributed by atoms with Crippen molar-refractivity contribution >= 4 is 35.0 Å². The normalized spacial score (nSPS) is 19.1. The van der Waals surface area contributed by atoms with Gasteiger partial charge in [0.1, 0.15) is 23.0 Å². The fourth-order valence-electron chi connectivity index (χ4n) is 4.23. The number of carbonyl (C=O) groups excluding carboxylic acids is 4. The molecule has 2 aromatic heterocycles. The average molecular weight is 553 g/mol. The summed E-state index contributed by atoms with van der Waals surface area (Å²) in [5.41, 5.74) is 1.21. The largest absolute Gasteiger partial charge is 0.446 e. The fourth-order valence-corrected chi connectivity index (χ4v) is 5.10. The van der Waals surface area contributed by atoms with Crippen LogP contribution in [0.1, 0.15) is 76.7 Å². The first kappa shape index (κ1) is 28.0. The Bertz CT molecular complexity index is 1320. The van der Waals surface area contributed by atoms with E-state index in [1.165, 1.54) is 29.4 Å². The second-order valence-electron chi connectivity index (χ2n) is 9.80. The van der Waals surface area contributed by atoms with Gasteiger partial charge >= 0.3 is 0 Å². The molecule has 2 atom stereocenters. The predicted molar refractivity (Wildman–Crippen MR) is 144 cm³/mol. The van der Waals surface area contributed by atoms with Crippen molar-refractivity contribution in [3.63, 3.8) is 0 Å². The molecule has 11 nitrogen and oxygen atoms in total. The van der Waals surface area contributed by atoms with E-state index in [2.05, 4.69) is 25.9 Å². The molecule has 4 bridgehead atoms. The maximum atomic E-state index is 13.2. The van der Waals surface area contributed by atoms with Gasteiger partial charge in [0, 0.05) is 31.8 Å². The van der Waals surface area contributed by atoms with Crippen molar-refractivity contribution in [3.8, 4) is 0 Å². The summed E-state index contributed by atoms with van der Waals surface area (Å²) in [5.74, 6) is -1.17. The van der Waals surface area contributed by atoms with E-state index in [1.807, 2.05) is 44.2 Å². The number of rotatable bonds is 4. The maximum Gasteiger partial charge on any atom is 0.273 e. The van der Waals surface area contributed by atoms with Gasteiger partial charge in [-0.3, -0.25) is 19.2 Å². The molecule has 0 fully saturated rings. The minimum Gasteiger partial charge on any atom is -0.446 e. The highest BCUT2D eigenvalue weighted by Gasteiger charge is 2.27. The van der Waals surface area contributed by atoms with Gasteiger partial charge in [0.25, 0.3) is 11.8 Å². The van der Waals surface area contributed by atoms with E-state index in [0.717, 1.165) is 5.56 Å². The third-order valence-corrected chi connectivity index (χ3v) is 7.14. The van der Waals surface area contributed by atoms with Crippen LogP contribution in [-0.4, -0.2) is 58.1 Å². The lowest BCUT2D eigenvalue weighted by Crippen LogP contribution is -2.44. The Balaban J connectivity index is 1.67. The Hall–Kier alpha value is -4.06. The Morgan fingerprint density at radius 1 is 1.08 bits per heavy atom. The van der Waals surface area contributed by atoms with Crippen molar-refractivity contribution < 1.29 is 23.6 Å². The summed E-state index contributed by atoms with van der Waals surface area (Å²) >= 11 is 1.29. The molecular weight excluding hydrogens is 520 g/mol. The topological polar surface area (TPSA) is 147 Å². The highest BCUT2D eigenvalue weighted by Crippen LogP contribution is 2.26. The van der Waals surface area contributed by atoms with Crippen LogP contribution in [0.15, 0.2) is 46.4 Å². The van der Waals surface area contributed by atoms with Crippen molar-refractivity contribution in [1.29, 1.82) is 0 Å². The zero-order valence-corrected chi connectivity index (χ0v) is 22.9. The van der Waals surface area contributed by atoms with Gasteiger partial charge in [0.15, 0.2) is 5.69 Å². The number of aromatic nitrogens is 2. The molecule has 0 spiro atoms. The van der Waals surface area contributed by atoms with Crippen LogP contribution >= 0.6 is 11.3 Å². The number of hydrogen-bond donors (Lipinski definition) is 3. The summed E-state index contributed by atoms with van der Waals surface area (Å²) in [6.07, 6.45) is 2.23. The van der Waals surface area contributed by atoms with E-state index in [4.69, 9.17) is 4.42 Å². The summed E-state index contributed by atoms with van der Waals surface area (Å²) in [6.45, 7) is 5.49. The van der Waals surface area contributed by atoms with Crippen molar-refractivity contribution in [1.82, 2.24) is 30.8 Å². The molecule has 3 N–H and O–H groups in total. The first-order valence-corrected chi connectivity index (χ1v) is 13.7. The van der Waals surface area contributed by atoms with Crippen molar-refractivity contribution in [2.45, 2.75) is 45.7 Å². The molecule has 4 rings (SSSR count). The summed E-state index contributed by atoms with van der Waals surface area (Å²) in [7, 11) is 0. The Morgan fingerprint density at radius 3 is 2.56 bits per heavy atom. The SMILES string of the molecule is CC(=O)N1CCNC(=O)c2csc(n2)[C@H](CC(C)C)NC(=O)c2coc(n2)[C@H](Cc2ccccc2)NC(=O)C1. The zero-order valence-electron chi connectivity index (χ0n) is 22.1. The van der Waals surface area contributed by atoms with Crippen LogP contribution in [0, 0.1) is 5.92 Å². The van der Waals surface area contributed by atoms with Gasteiger partial charge in [-0.05, 0) is 17.9 Å². The third-order valence-electron chi connectivity index (χ3n) is 6.18. The number of nitrogens with one attached hydrogen (secondary N) is 3. The number of nitrogens with zero attached hydrogens (tertiary/aromatic N) is 3. The predicted octanol–water partition coefficient (Wildman–Crippen LogP) is 2.64. The molecule has 3 heterocycles. The number of thiazole rings is 1. The molecule has 0 saturated heterocycles. The first-order valence-electron chi connectivity index (χ1n) is 12.8. The van der Waals surface area contributed by atoms with Crippen molar-refractivity contribution in [2.24, 2.45) is 5.92 Å². The van der Waals surface area contributed by atoms with Gasteiger partial charge in [0.05, 0.1) is 12.6 Å². The van der Waals surface area contributed by atoms with E-state index < -0.39 is 29.8 Å². The highest BCUT2D eigenvalue weighted by molar-refractivity contribution is 7.09. The summed E-state index contributed by atoms with van der Waals surface area (Å²) in [5, 5.41) is 10.9. The van der Waals surface area contributed by atoms with Gasteiger partial charge in [-0.2, -0.15) is 0 Å². The van der Waals surface area contributed by atoms with E-state index in [9.17, 15) is 19.2 Å². The highest BCUT2D eigenvalue weighted by atomic mass is 32.1. The van der Waals surface area contributed by atoms with Crippen LogP contribution in [0.5, 0.6) is 0 Å². The lowest BCUT2D eigenvalue weighted by molar-refractivity contribution is -0.134. The molecule has 206 valence electrons. The fraction of sp³-hybridized carbons (Fsp3) is 0.407. The molecule has 0 saturated carbocycles. The molecule has 1 aliphatic rings. The van der Waals surface area contributed by atoms with Crippen LogP contribution in [0.25, 0.3) is 0 Å². The van der Waals surface area contributed by atoms with Gasteiger partial charge in [-0.25, -0.2) is 9.97 Å². The first-order chi connectivity index (χ1) is 18.7. The number of fused-ring (bicyclic) bond motifs is 4. The van der Waals surface area contributed by atoms with Gasteiger partial charge in [-0.1, -0.05) is 44.2 Å². The van der Waals surface area contributed by atoms with Gasteiger partial charge < -0.3 is 25.3 Å². The van der Waals surface area contributed by atoms with Gasteiger partial charge in [0.2, 0.25) is 17.7 Å². The Morgan fingerprint density at radius 2 is 1.85 bits per heavy atom. The van der Waals surface area contributed by atoms with Crippen LogP contribution in [0.4, 0.5) is 0 Å². The molecule has 0 aliphatic carbocycles. The van der Waals surface area contributed by atoms with Crippen molar-refractivity contribution in [2.75, 3.05) is 19.6 Å². The number of oxazole rings is 1. The second-order valence-corrected chi connectivity index (χ2v) is 10.7. The van der Waals surface area contributed by atoms with Crippen LogP contribution in [0.3, 0.4) is 0 Å². The molecule has 1 aliphatic heterocycles. The molecular formula is C27H32N6O5S.